The Morgan fingerprint density at radius 3 is 2.56 bits per heavy atom. The molecule has 4 nitrogen and oxygen atoms in total. The fourth-order valence-corrected chi connectivity index (χ4v) is 4.55. The first-order chi connectivity index (χ1) is 13.0. The largest absolute Gasteiger partial charge is 0.467 e. The maximum Gasteiger partial charge on any atom is 0.329 e. The number of rotatable bonds is 4. The zero-order valence-electron chi connectivity index (χ0n) is 14.5. The predicted octanol–water partition coefficient (Wildman–Crippen LogP) is 4.82. The Morgan fingerprint density at radius 1 is 1.15 bits per heavy atom. The summed E-state index contributed by atoms with van der Waals surface area (Å²) in [7, 11) is 1.32. The summed E-state index contributed by atoms with van der Waals surface area (Å²) in [5, 5.41) is 0.495. The molecule has 1 heterocycles. The lowest BCUT2D eigenvalue weighted by atomic mass is 10.1. The zero-order chi connectivity index (χ0) is 19.4. The normalized spacial score (nSPS) is 19.4. The van der Waals surface area contributed by atoms with Gasteiger partial charge in [-0.25, -0.2) is 4.79 Å². The van der Waals surface area contributed by atoms with Crippen molar-refractivity contribution in [3.63, 3.8) is 0 Å². The Balaban J connectivity index is 1.91. The van der Waals surface area contributed by atoms with Crippen LogP contribution in [-0.2, 0) is 14.3 Å². The van der Waals surface area contributed by atoms with Crippen molar-refractivity contribution in [2.24, 2.45) is 0 Å². The van der Waals surface area contributed by atoms with Gasteiger partial charge in [0.2, 0.25) is 5.91 Å². The number of halogens is 2. The van der Waals surface area contributed by atoms with Gasteiger partial charge < -0.3 is 9.64 Å². The molecule has 27 heavy (non-hydrogen) atoms. The molecule has 0 spiro atoms. The van der Waals surface area contributed by atoms with Crippen LogP contribution in [0.25, 0.3) is 6.08 Å². The molecule has 1 saturated heterocycles. The Kier molecular flexibility index (Phi) is 6.47. The summed E-state index contributed by atoms with van der Waals surface area (Å²) in [6.45, 7) is 0. The Bertz CT molecular complexity index is 873. The van der Waals surface area contributed by atoms with Crippen LogP contribution in [0.3, 0.4) is 0 Å². The highest BCUT2D eigenvalue weighted by molar-refractivity contribution is 7.99. The van der Waals surface area contributed by atoms with Crippen LogP contribution in [0, 0.1) is 0 Å². The van der Waals surface area contributed by atoms with Gasteiger partial charge in [0.15, 0.2) is 0 Å². The van der Waals surface area contributed by atoms with Crippen LogP contribution in [0.1, 0.15) is 16.5 Å². The third-order valence-electron chi connectivity index (χ3n) is 4.17. The molecule has 1 fully saturated rings. The summed E-state index contributed by atoms with van der Waals surface area (Å²) in [5.74, 6) is -0.260. The van der Waals surface area contributed by atoms with Gasteiger partial charge in [0.05, 0.1) is 17.2 Å². The molecule has 140 valence electrons. The van der Waals surface area contributed by atoms with Crippen molar-refractivity contribution in [3.05, 3.63) is 75.8 Å². The number of ether oxygens (including phenoxy) is 1. The second-order valence-electron chi connectivity index (χ2n) is 5.89. The number of methoxy groups -OCH3 is 1. The molecular weight excluding hydrogens is 405 g/mol. The van der Waals surface area contributed by atoms with E-state index >= 15 is 0 Å². The Morgan fingerprint density at radius 2 is 1.89 bits per heavy atom. The van der Waals surface area contributed by atoms with Crippen molar-refractivity contribution in [1.29, 1.82) is 0 Å². The molecular formula is C20H17Cl2NO3S. The Hall–Kier alpha value is -1.95. The molecule has 1 aliphatic rings. The lowest BCUT2D eigenvalue weighted by molar-refractivity contribution is -0.150. The van der Waals surface area contributed by atoms with Crippen molar-refractivity contribution in [2.75, 3.05) is 12.9 Å². The molecule has 0 bridgehead atoms. The first kappa shape index (κ1) is 19.8. The minimum atomic E-state index is -0.660. The molecule has 2 atom stereocenters. The number of carbonyl (C=O) groups excluding carboxylic acids is 2. The second kappa shape index (κ2) is 8.83. The third-order valence-corrected chi connectivity index (χ3v) is 6.24. The standard InChI is InChI=1S/C20H17Cl2NO3S/c1-26-20(25)17-12-27-19(14-8-9-15(21)16(22)11-14)23(17)18(24)10-7-13-5-3-2-4-6-13/h2-11,17,19H,12H2,1H3/b10-7+. The van der Waals surface area contributed by atoms with Crippen LogP contribution in [-0.4, -0.2) is 35.7 Å². The van der Waals surface area contributed by atoms with Crippen LogP contribution in [0.4, 0.5) is 0 Å². The zero-order valence-corrected chi connectivity index (χ0v) is 16.8. The SMILES string of the molecule is COC(=O)C1CSC(c2ccc(Cl)c(Cl)c2)N1C(=O)/C=C/c1ccccc1. The number of carbonyl (C=O) groups is 2. The highest BCUT2D eigenvalue weighted by atomic mass is 35.5. The fourth-order valence-electron chi connectivity index (χ4n) is 2.83. The van der Waals surface area contributed by atoms with Crippen LogP contribution in [0.15, 0.2) is 54.6 Å². The number of hydrogen-bond acceptors (Lipinski definition) is 4. The maximum absolute atomic E-state index is 12.9. The summed E-state index contributed by atoms with van der Waals surface area (Å²) in [6, 6.07) is 14.1. The molecule has 0 N–H and O–H groups in total. The van der Waals surface area contributed by atoms with E-state index in [2.05, 4.69) is 0 Å². The minimum absolute atomic E-state index is 0.268. The number of nitrogens with zero attached hydrogens (tertiary/aromatic N) is 1. The van der Waals surface area contributed by atoms with Crippen molar-refractivity contribution < 1.29 is 14.3 Å². The molecule has 1 aliphatic heterocycles. The lowest BCUT2D eigenvalue weighted by Gasteiger charge is -2.27. The Labute approximate surface area is 172 Å². The number of benzene rings is 2. The molecule has 1 amide bonds. The van der Waals surface area contributed by atoms with E-state index in [0.29, 0.717) is 15.8 Å². The molecule has 0 radical (unpaired) electrons. The average molecular weight is 422 g/mol. The smallest absolute Gasteiger partial charge is 0.329 e. The van der Waals surface area contributed by atoms with Gasteiger partial charge in [0, 0.05) is 11.8 Å². The van der Waals surface area contributed by atoms with Crippen LogP contribution in [0.2, 0.25) is 10.0 Å². The van der Waals surface area contributed by atoms with E-state index < -0.39 is 12.0 Å². The van der Waals surface area contributed by atoms with E-state index in [9.17, 15) is 9.59 Å². The van der Waals surface area contributed by atoms with Crippen LogP contribution in [0.5, 0.6) is 0 Å². The topological polar surface area (TPSA) is 46.6 Å². The molecule has 0 aromatic heterocycles. The monoisotopic (exact) mass is 421 g/mol. The minimum Gasteiger partial charge on any atom is -0.467 e. The molecule has 3 rings (SSSR count). The molecule has 0 aliphatic carbocycles. The van der Waals surface area contributed by atoms with E-state index in [4.69, 9.17) is 27.9 Å². The third kappa shape index (κ3) is 4.49. The highest BCUT2D eigenvalue weighted by Crippen LogP contribution is 2.43. The highest BCUT2D eigenvalue weighted by Gasteiger charge is 2.42. The summed E-state index contributed by atoms with van der Waals surface area (Å²) in [6.07, 6.45) is 3.20. The van der Waals surface area contributed by atoms with E-state index in [1.807, 2.05) is 36.4 Å². The molecule has 2 aromatic rings. The van der Waals surface area contributed by atoms with Gasteiger partial charge >= 0.3 is 5.97 Å². The van der Waals surface area contributed by atoms with E-state index in [-0.39, 0.29) is 11.3 Å². The first-order valence-electron chi connectivity index (χ1n) is 8.21. The second-order valence-corrected chi connectivity index (χ2v) is 7.82. The summed E-state index contributed by atoms with van der Waals surface area (Å²) >= 11 is 13.6. The lowest BCUT2D eigenvalue weighted by Crippen LogP contribution is -2.42. The van der Waals surface area contributed by atoms with Crippen molar-refractivity contribution >= 4 is 52.9 Å². The quantitative estimate of drug-likeness (QED) is 0.524. The van der Waals surface area contributed by atoms with E-state index in [1.165, 1.54) is 29.8 Å². The first-order valence-corrected chi connectivity index (χ1v) is 10.0. The number of thioether (sulfide) groups is 1. The van der Waals surface area contributed by atoms with E-state index in [1.54, 1.807) is 18.2 Å². The number of amides is 1. The van der Waals surface area contributed by atoms with Crippen molar-refractivity contribution in [2.45, 2.75) is 11.4 Å². The van der Waals surface area contributed by atoms with Crippen molar-refractivity contribution in [3.8, 4) is 0 Å². The summed E-state index contributed by atoms with van der Waals surface area (Å²) < 4.78 is 4.89. The van der Waals surface area contributed by atoms with E-state index in [0.717, 1.165) is 11.1 Å². The molecule has 7 heteroatoms. The average Bonchev–Trinajstić information content (AvgIpc) is 3.13. The van der Waals surface area contributed by atoms with Crippen LogP contribution < -0.4 is 0 Å². The van der Waals surface area contributed by atoms with Gasteiger partial charge in [0.25, 0.3) is 0 Å². The van der Waals surface area contributed by atoms with Gasteiger partial charge in [-0.2, -0.15) is 0 Å². The predicted molar refractivity (Wildman–Crippen MR) is 110 cm³/mol. The number of hydrogen-bond donors (Lipinski definition) is 0. The molecule has 2 aromatic carbocycles. The van der Waals surface area contributed by atoms with Crippen LogP contribution >= 0.6 is 35.0 Å². The van der Waals surface area contributed by atoms with Gasteiger partial charge in [-0.1, -0.05) is 59.6 Å². The number of esters is 1. The summed E-state index contributed by atoms with van der Waals surface area (Å²) in [5.41, 5.74) is 1.71. The fraction of sp³-hybridized carbons (Fsp3) is 0.200. The van der Waals surface area contributed by atoms with Gasteiger partial charge in [-0.15, -0.1) is 11.8 Å². The van der Waals surface area contributed by atoms with Gasteiger partial charge in [0.1, 0.15) is 11.4 Å². The molecule has 2 unspecified atom stereocenters. The molecule has 0 saturated carbocycles. The van der Waals surface area contributed by atoms with Gasteiger partial charge in [-0.3, -0.25) is 4.79 Å². The maximum atomic E-state index is 12.9. The van der Waals surface area contributed by atoms with Crippen molar-refractivity contribution in [1.82, 2.24) is 4.90 Å². The van der Waals surface area contributed by atoms with Gasteiger partial charge in [-0.05, 0) is 29.3 Å². The summed E-state index contributed by atoms with van der Waals surface area (Å²) in [4.78, 5) is 26.7.